The van der Waals surface area contributed by atoms with Gasteiger partial charge in [-0.05, 0) is 13.8 Å². The first-order valence-corrected chi connectivity index (χ1v) is 4.30. The number of hydrogen-bond donors (Lipinski definition) is 4. The first kappa shape index (κ1) is 10.9. The van der Waals surface area contributed by atoms with E-state index in [4.69, 9.17) is 15.6 Å². The van der Waals surface area contributed by atoms with Crippen LogP contribution in [0.4, 0.5) is 0 Å². The van der Waals surface area contributed by atoms with Crippen molar-refractivity contribution in [1.29, 1.82) is 0 Å². The fourth-order valence-electron chi connectivity index (χ4n) is 1.54. The van der Waals surface area contributed by atoms with Crippen molar-refractivity contribution < 1.29 is 20.1 Å². The predicted molar refractivity (Wildman–Crippen MR) is 46.0 cm³/mol. The SMILES string of the molecule is CC1(C)O[C@H](CO)[C@H](N)[C@H](O)[C@H]1O. The first-order chi connectivity index (χ1) is 5.90. The number of ether oxygens (including phenoxy) is 1. The zero-order valence-electron chi connectivity index (χ0n) is 7.84. The zero-order chi connectivity index (χ0) is 10.2. The molecule has 4 atom stereocenters. The van der Waals surface area contributed by atoms with Crippen molar-refractivity contribution >= 4 is 0 Å². The van der Waals surface area contributed by atoms with E-state index in [1.807, 2.05) is 0 Å². The molecule has 0 spiro atoms. The number of hydrogen-bond acceptors (Lipinski definition) is 5. The van der Waals surface area contributed by atoms with Gasteiger partial charge in [0, 0.05) is 0 Å². The lowest BCUT2D eigenvalue weighted by atomic mass is 9.86. The molecule has 1 aliphatic rings. The number of nitrogens with two attached hydrogens (primary N) is 1. The summed E-state index contributed by atoms with van der Waals surface area (Å²) in [4.78, 5) is 0. The van der Waals surface area contributed by atoms with E-state index in [2.05, 4.69) is 0 Å². The second kappa shape index (κ2) is 3.51. The molecule has 5 N–H and O–H groups in total. The minimum absolute atomic E-state index is 0.256. The zero-order valence-corrected chi connectivity index (χ0v) is 7.84. The monoisotopic (exact) mass is 191 g/mol. The molecule has 0 aliphatic carbocycles. The van der Waals surface area contributed by atoms with Crippen molar-refractivity contribution in [3.63, 3.8) is 0 Å². The van der Waals surface area contributed by atoms with Crippen LogP contribution in [0.1, 0.15) is 13.8 Å². The molecule has 5 nitrogen and oxygen atoms in total. The van der Waals surface area contributed by atoms with E-state index in [0.717, 1.165) is 0 Å². The van der Waals surface area contributed by atoms with Gasteiger partial charge in [0.1, 0.15) is 12.2 Å². The van der Waals surface area contributed by atoms with Crippen molar-refractivity contribution in [2.24, 2.45) is 5.73 Å². The van der Waals surface area contributed by atoms with Crippen LogP contribution in [0.3, 0.4) is 0 Å². The Kier molecular flexibility index (Phi) is 2.94. The van der Waals surface area contributed by atoms with Crippen LogP contribution in [-0.2, 0) is 4.74 Å². The Labute approximate surface area is 77.1 Å². The van der Waals surface area contributed by atoms with Crippen molar-refractivity contribution in [3.8, 4) is 0 Å². The van der Waals surface area contributed by atoms with Gasteiger partial charge < -0.3 is 25.8 Å². The molecule has 1 heterocycles. The van der Waals surface area contributed by atoms with Gasteiger partial charge in [0.05, 0.1) is 24.4 Å². The van der Waals surface area contributed by atoms with Crippen LogP contribution in [-0.4, -0.2) is 51.9 Å². The summed E-state index contributed by atoms with van der Waals surface area (Å²) in [5, 5.41) is 28.0. The molecule has 0 bridgehead atoms. The van der Waals surface area contributed by atoms with Gasteiger partial charge >= 0.3 is 0 Å². The lowest BCUT2D eigenvalue weighted by molar-refractivity contribution is -0.226. The second-order valence-corrected chi connectivity index (χ2v) is 3.96. The molecular weight excluding hydrogens is 174 g/mol. The van der Waals surface area contributed by atoms with E-state index in [1.54, 1.807) is 13.8 Å². The molecule has 0 aromatic carbocycles. The molecule has 1 fully saturated rings. The van der Waals surface area contributed by atoms with Crippen molar-refractivity contribution in [3.05, 3.63) is 0 Å². The average molecular weight is 191 g/mol. The molecule has 1 rings (SSSR count). The van der Waals surface area contributed by atoms with Gasteiger partial charge in [-0.2, -0.15) is 0 Å². The Balaban J connectivity index is 2.79. The van der Waals surface area contributed by atoms with E-state index in [0.29, 0.717) is 0 Å². The third kappa shape index (κ3) is 1.84. The minimum atomic E-state index is -1.05. The molecule has 0 radical (unpaired) electrons. The molecule has 13 heavy (non-hydrogen) atoms. The molecule has 78 valence electrons. The van der Waals surface area contributed by atoms with E-state index in [9.17, 15) is 10.2 Å². The smallest absolute Gasteiger partial charge is 0.110 e. The summed E-state index contributed by atoms with van der Waals surface area (Å²) in [5.41, 5.74) is 4.68. The normalized spacial score (nSPS) is 44.8. The third-order valence-corrected chi connectivity index (χ3v) is 2.49. The molecule has 0 saturated carbocycles. The summed E-state index contributed by atoms with van der Waals surface area (Å²) in [6.07, 6.45) is -2.69. The number of rotatable bonds is 1. The van der Waals surface area contributed by atoms with Crippen LogP contribution >= 0.6 is 0 Å². The Hall–Kier alpha value is -0.200. The van der Waals surface area contributed by atoms with Crippen LogP contribution in [0.5, 0.6) is 0 Å². The van der Waals surface area contributed by atoms with E-state index >= 15 is 0 Å². The fraction of sp³-hybridized carbons (Fsp3) is 1.00. The number of aliphatic hydroxyl groups is 3. The highest BCUT2D eigenvalue weighted by Crippen LogP contribution is 2.28. The topological polar surface area (TPSA) is 95.9 Å². The van der Waals surface area contributed by atoms with E-state index < -0.39 is 30.0 Å². The van der Waals surface area contributed by atoms with Crippen LogP contribution in [0.25, 0.3) is 0 Å². The Morgan fingerprint density at radius 2 is 1.92 bits per heavy atom. The lowest BCUT2D eigenvalue weighted by Gasteiger charge is -2.45. The minimum Gasteiger partial charge on any atom is -0.394 e. The summed E-state index contributed by atoms with van der Waals surface area (Å²) in [5.74, 6) is 0. The van der Waals surface area contributed by atoms with Crippen molar-refractivity contribution in [2.75, 3.05) is 6.61 Å². The maximum Gasteiger partial charge on any atom is 0.110 e. The fourth-order valence-corrected chi connectivity index (χ4v) is 1.54. The molecule has 0 aromatic rings. The molecular formula is C8H17NO4. The summed E-state index contributed by atoms with van der Waals surface area (Å²) < 4.78 is 5.33. The van der Waals surface area contributed by atoms with Gasteiger partial charge in [-0.1, -0.05) is 0 Å². The van der Waals surface area contributed by atoms with Crippen LogP contribution in [0.15, 0.2) is 0 Å². The van der Waals surface area contributed by atoms with E-state index in [-0.39, 0.29) is 6.61 Å². The third-order valence-electron chi connectivity index (χ3n) is 2.49. The van der Waals surface area contributed by atoms with Gasteiger partial charge in [-0.15, -0.1) is 0 Å². The van der Waals surface area contributed by atoms with Gasteiger partial charge in [0.2, 0.25) is 0 Å². The molecule has 5 heteroatoms. The van der Waals surface area contributed by atoms with Gasteiger partial charge in [0.25, 0.3) is 0 Å². The highest BCUT2D eigenvalue weighted by Gasteiger charge is 2.46. The van der Waals surface area contributed by atoms with Gasteiger partial charge in [-0.3, -0.25) is 0 Å². The molecule has 0 unspecified atom stereocenters. The first-order valence-electron chi connectivity index (χ1n) is 4.30. The van der Waals surface area contributed by atoms with Crippen molar-refractivity contribution in [1.82, 2.24) is 0 Å². The quantitative estimate of drug-likeness (QED) is 0.392. The van der Waals surface area contributed by atoms with Crippen LogP contribution in [0, 0.1) is 0 Å². The van der Waals surface area contributed by atoms with Gasteiger partial charge in [0.15, 0.2) is 0 Å². The Bertz CT molecular complexity index is 183. The molecule has 1 saturated heterocycles. The Morgan fingerprint density at radius 1 is 1.38 bits per heavy atom. The predicted octanol–water partition coefficient (Wildman–Crippen LogP) is -1.79. The molecule has 0 amide bonds. The maximum atomic E-state index is 9.55. The number of aliphatic hydroxyl groups excluding tert-OH is 3. The Morgan fingerprint density at radius 3 is 2.38 bits per heavy atom. The van der Waals surface area contributed by atoms with Gasteiger partial charge in [-0.25, -0.2) is 0 Å². The van der Waals surface area contributed by atoms with E-state index in [1.165, 1.54) is 0 Å². The lowest BCUT2D eigenvalue weighted by Crippen LogP contribution is -2.65. The maximum absolute atomic E-state index is 9.55. The highest BCUT2D eigenvalue weighted by atomic mass is 16.5. The summed E-state index contributed by atoms with van der Waals surface area (Å²) in [7, 11) is 0. The second-order valence-electron chi connectivity index (χ2n) is 3.96. The summed E-state index contributed by atoms with van der Waals surface area (Å²) in [6.45, 7) is 3.04. The highest BCUT2D eigenvalue weighted by molar-refractivity contribution is 4.98. The molecule has 1 aliphatic heterocycles. The van der Waals surface area contributed by atoms with Crippen LogP contribution < -0.4 is 5.73 Å². The average Bonchev–Trinajstić information content (AvgIpc) is 2.08. The van der Waals surface area contributed by atoms with Crippen LogP contribution in [0.2, 0.25) is 0 Å². The standard InChI is InChI=1S/C8H17NO4/c1-8(2)7(12)6(11)5(9)4(3-10)13-8/h4-7,10-12H,3,9H2,1-2H3/t4-,5+,6+,7-/m1/s1. The summed E-state index contributed by atoms with van der Waals surface area (Å²) >= 11 is 0. The largest absolute Gasteiger partial charge is 0.394 e. The molecule has 0 aromatic heterocycles. The van der Waals surface area contributed by atoms with Crippen molar-refractivity contribution in [2.45, 2.75) is 43.8 Å². The summed E-state index contributed by atoms with van der Waals surface area (Å²) in [6, 6.07) is -0.743.